The lowest BCUT2D eigenvalue weighted by Gasteiger charge is -2.36. The van der Waals surface area contributed by atoms with Crippen LogP contribution in [-0.2, 0) is 4.79 Å². The van der Waals surface area contributed by atoms with Crippen molar-refractivity contribution in [1.82, 2.24) is 4.90 Å². The van der Waals surface area contributed by atoms with Crippen LogP contribution in [0.5, 0.6) is 0 Å². The number of nitrogens with two attached hydrogens (primary N) is 1. The number of rotatable bonds is 3. The maximum Gasteiger partial charge on any atom is 0.238 e. The Labute approximate surface area is 125 Å². The number of piperidine rings is 1. The van der Waals surface area contributed by atoms with Crippen LogP contribution in [0, 0.1) is 5.92 Å². The third kappa shape index (κ3) is 3.87. The molecule has 0 bridgehead atoms. The summed E-state index contributed by atoms with van der Waals surface area (Å²) in [6.07, 6.45) is 2.39. The van der Waals surface area contributed by atoms with E-state index in [0.717, 1.165) is 13.0 Å². The number of carbonyl (C=O) groups is 1. The minimum atomic E-state index is -0.0300. The average Bonchev–Trinajstić information content (AvgIpc) is 2.37. The Hall–Kier alpha value is -1.26. The third-order valence-electron chi connectivity index (χ3n) is 3.86. The first kappa shape index (κ1) is 15.1. The third-order valence-corrected chi connectivity index (χ3v) is 4.17. The number of hydrogen-bond acceptors (Lipinski definition) is 3. The van der Waals surface area contributed by atoms with E-state index >= 15 is 0 Å². The SMILES string of the molecule is CC1CCC(C)N(CC(=O)Nc2ccc(N)cc2Cl)C1. The maximum atomic E-state index is 12.1. The van der Waals surface area contributed by atoms with Gasteiger partial charge in [-0.25, -0.2) is 0 Å². The van der Waals surface area contributed by atoms with Gasteiger partial charge in [0.25, 0.3) is 0 Å². The summed E-state index contributed by atoms with van der Waals surface area (Å²) in [5.74, 6) is 0.622. The predicted octanol–water partition coefficient (Wildman–Crippen LogP) is 2.98. The van der Waals surface area contributed by atoms with Gasteiger partial charge in [-0.3, -0.25) is 9.69 Å². The molecule has 3 N–H and O–H groups in total. The lowest BCUT2D eigenvalue weighted by Crippen LogP contribution is -2.45. The molecule has 1 aromatic rings. The maximum absolute atomic E-state index is 12.1. The van der Waals surface area contributed by atoms with E-state index in [2.05, 4.69) is 24.1 Å². The number of carbonyl (C=O) groups excluding carboxylic acids is 1. The Morgan fingerprint density at radius 2 is 2.20 bits per heavy atom. The highest BCUT2D eigenvalue weighted by molar-refractivity contribution is 6.34. The van der Waals surface area contributed by atoms with Crippen LogP contribution in [0.1, 0.15) is 26.7 Å². The van der Waals surface area contributed by atoms with Gasteiger partial charge in [0, 0.05) is 18.3 Å². The summed E-state index contributed by atoms with van der Waals surface area (Å²) in [6.45, 7) is 5.79. The lowest BCUT2D eigenvalue weighted by atomic mass is 9.95. The van der Waals surface area contributed by atoms with E-state index in [1.54, 1.807) is 18.2 Å². The molecule has 20 heavy (non-hydrogen) atoms. The Kier molecular flexibility index (Phi) is 4.89. The first-order chi connectivity index (χ1) is 9.45. The topological polar surface area (TPSA) is 58.4 Å². The molecule has 0 radical (unpaired) electrons. The number of nitrogens with zero attached hydrogens (tertiary/aromatic N) is 1. The van der Waals surface area contributed by atoms with Gasteiger partial charge in [-0.2, -0.15) is 0 Å². The number of anilines is 2. The Bertz CT molecular complexity index is 492. The monoisotopic (exact) mass is 295 g/mol. The summed E-state index contributed by atoms with van der Waals surface area (Å²) >= 11 is 6.06. The molecule has 1 heterocycles. The second-order valence-electron chi connectivity index (χ2n) is 5.75. The Morgan fingerprint density at radius 1 is 1.45 bits per heavy atom. The number of hydrogen-bond donors (Lipinski definition) is 2. The van der Waals surface area contributed by atoms with Crippen LogP contribution in [0.25, 0.3) is 0 Å². The molecular weight excluding hydrogens is 274 g/mol. The van der Waals surface area contributed by atoms with E-state index < -0.39 is 0 Å². The number of halogens is 1. The van der Waals surface area contributed by atoms with Crippen molar-refractivity contribution < 1.29 is 4.79 Å². The molecular formula is C15H22ClN3O. The summed E-state index contributed by atoms with van der Waals surface area (Å²) < 4.78 is 0. The Balaban J connectivity index is 1.94. The van der Waals surface area contributed by atoms with Gasteiger partial charge in [-0.15, -0.1) is 0 Å². The molecule has 2 unspecified atom stereocenters. The smallest absolute Gasteiger partial charge is 0.238 e. The summed E-state index contributed by atoms with van der Waals surface area (Å²) in [4.78, 5) is 14.4. The molecule has 1 aromatic carbocycles. The molecule has 1 amide bonds. The predicted molar refractivity (Wildman–Crippen MR) is 83.9 cm³/mol. The van der Waals surface area contributed by atoms with Gasteiger partial charge in [0.2, 0.25) is 5.91 Å². The number of amides is 1. The minimum absolute atomic E-state index is 0.0300. The second-order valence-corrected chi connectivity index (χ2v) is 6.16. The highest BCUT2D eigenvalue weighted by atomic mass is 35.5. The molecule has 0 spiro atoms. The number of nitrogens with one attached hydrogen (secondary N) is 1. The molecule has 1 saturated heterocycles. The molecule has 1 aliphatic rings. The van der Waals surface area contributed by atoms with Crippen LogP contribution < -0.4 is 11.1 Å². The fourth-order valence-corrected chi connectivity index (χ4v) is 2.84. The van der Waals surface area contributed by atoms with Crippen molar-refractivity contribution in [2.24, 2.45) is 5.92 Å². The largest absolute Gasteiger partial charge is 0.399 e. The van der Waals surface area contributed by atoms with E-state index in [0.29, 0.717) is 34.9 Å². The average molecular weight is 296 g/mol. The minimum Gasteiger partial charge on any atom is -0.399 e. The molecule has 110 valence electrons. The van der Waals surface area contributed by atoms with E-state index in [-0.39, 0.29) is 5.91 Å². The van der Waals surface area contributed by atoms with Crippen LogP contribution >= 0.6 is 11.6 Å². The van der Waals surface area contributed by atoms with Gasteiger partial charge in [0.1, 0.15) is 0 Å². The quantitative estimate of drug-likeness (QED) is 0.843. The number of benzene rings is 1. The van der Waals surface area contributed by atoms with Crippen LogP contribution in [0.2, 0.25) is 5.02 Å². The molecule has 0 aliphatic carbocycles. The van der Waals surface area contributed by atoms with Crippen molar-refractivity contribution in [3.8, 4) is 0 Å². The number of likely N-dealkylation sites (tertiary alicyclic amines) is 1. The summed E-state index contributed by atoms with van der Waals surface area (Å²) in [5.41, 5.74) is 6.84. The van der Waals surface area contributed by atoms with E-state index in [1.165, 1.54) is 6.42 Å². The number of nitrogen functional groups attached to an aromatic ring is 1. The van der Waals surface area contributed by atoms with Gasteiger partial charge >= 0.3 is 0 Å². The fraction of sp³-hybridized carbons (Fsp3) is 0.533. The molecule has 2 atom stereocenters. The van der Waals surface area contributed by atoms with Crippen molar-refractivity contribution in [3.05, 3.63) is 23.2 Å². The van der Waals surface area contributed by atoms with Crippen LogP contribution in [-0.4, -0.2) is 29.9 Å². The second kappa shape index (κ2) is 6.46. The van der Waals surface area contributed by atoms with Crippen LogP contribution in [0.4, 0.5) is 11.4 Å². The highest BCUT2D eigenvalue weighted by Crippen LogP contribution is 2.25. The zero-order chi connectivity index (χ0) is 14.7. The van der Waals surface area contributed by atoms with E-state index in [1.807, 2.05) is 0 Å². The molecule has 5 heteroatoms. The van der Waals surface area contributed by atoms with Gasteiger partial charge < -0.3 is 11.1 Å². The lowest BCUT2D eigenvalue weighted by molar-refractivity contribution is -0.118. The van der Waals surface area contributed by atoms with Gasteiger partial charge in [0.15, 0.2) is 0 Å². The van der Waals surface area contributed by atoms with Crippen molar-refractivity contribution in [3.63, 3.8) is 0 Å². The van der Waals surface area contributed by atoms with E-state index in [9.17, 15) is 4.79 Å². The molecule has 1 fully saturated rings. The van der Waals surface area contributed by atoms with E-state index in [4.69, 9.17) is 17.3 Å². The highest BCUT2D eigenvalue weighted by Gasteiger charge is 2.24. The van der Waals surface area contributed by atoms with Gasteiger partial charge in [-0.05, 0) is 43.9 Å². The van der Waals surface area contributed by atoms with Crippen LogP contribution in [0.15, 0.2) is 18.2 Å². The molecule has 1 aliphatic heterocycles. The summed E-state index contributed by atoms with van der Waals surface area (Å²) in [6, 6.07) is 5.56. The van der Waals surface area contributed by atoms with Crippen LogP contribution in [0.3, 0.4) is 0 Å². The molecule has 4 nitrogen and oxygen atoms in total. The standard InChI is InChI=1S/C15H22ClN3O/c1-10-3-4-11(2)19(8-10)9-15(20)18-14-6-5-12(17)7-13(14)16/h5-7,10-11H,3-4,8-9,17H2,1-2H3,(H,18,20). The first-order valence-electron chi connectivity index (χ1n) is 7.04. The fourth-order valence-electron chi connectivity index (χ4n) is 2.61. The molecule has 2 rings (SSSR count). The first-order valence-corrected chi connectivity index (χ1v) is 7.42. The normalized spacial score (nSPS) is 23.6. The zero-order valence-electron chi connectivity index (χ0n) is 12.0. The molecule has 0 aromatic heterocycles. The van der Waals surface area contributed by atoms with Crippen molar-refractivity contribution in [2.75, 3.05) is 24.1 Å². The summed E-state index contributed by atoms with van der Waals surface area (Å²) in [7, 11) is 0. The Morgan fingerprint density at radius 3 is 2.90 bits per heavy atom. The van der Waals surface area contributed by atoms with Crippen molar-refractivity contribution in [2.45, 2.75) is 32.7 Å². The zero-order valence-corrected chi connectivity index (χ0v) is 12.8. The van der Waals surface area contributed by atoms with Crippen molar-refractivity contribution in [1.29, 1.82) is 0 Å². The van der Waals surface area contributed by atoms with Crippen molar-refractivity contribution >= 4 is 28.9 Å². The molecule has 0 saturated carbocycles. The van der Waals surface area contributed by atoms with Gasteiger partial charge in [0.05, 0.1) is 17.3 Å². The van der Waals surface area contributed by atoms with Gasteiger partial charge in [-0.1, -0.05) is 18.5 Å². The summed E-state index contributed by atoms with van der Waals surface area (Å²) in [5, 5.41) is 3.32.